The summed E-state index contributed by atoms with van der Waals surface area (Å²) in [6.07, 6.45) is 6.77. The quantitative estimate of drug-likeness (QED) is 0.854. The standard InChI is InChI=1S/C13H21N3O2S/c1-2-15-11-5-7-12(8-6-11)16-19(17,18)13-4-3-9-14-10-13/h3-4,9-12,15-16H,2,5-8H2,1H3. The lowest BCUT2D eigenvalue weighted by molar-refractivity contribution is 0.333. The SMILES string of the molecule is CCNC1CCC(NS(=O)(=O)c2cccnc2)CC1. The molecule has 0 unspecified atom stereocenters. The topological polar surface area (TPSA) is 71.1 Å². The van der Waals surface area contributed by atoms with Gasteiger partial charge in [0.2, 0.25) is 10.0 Å². The van der Waals surface area contributed by atoms with Gasteiger partial charge in [-0.25, -0.2) is 13.1 Å². The van der Waals surface area contributed by atoms with Gasteiger partial charge in [-0.15, -0.1) is 0 Å². The third-order valence-electron chi connectivity index (χ3n) is 3.49. The zero-order valence-electron chi connectivity index (χ0n) is 11.2. The highest BCUT2D eigenvalue weighted by Gasteiger charge is 2.25. The summed E-state index contributed by atoms with van der Waals surface area (Å²) in [6, 6.07) is 3.78. The fourth-order valence-electron chi connectivity index (χ4n) is 2.50. The van der Waals surface area contributed by atoms with Crippen LogP contribution in [-0.4, -0.2) is 32.0 Å². The Bertz CT molecular complexity index is 482. The molecule has 1 aliphatic rings. The maximum absolute atomic E-state index is 12.1. The molecule has 1 saturated carbocycles. The van der Waals surface area contributed by atoms with E-state index in [1.807, 2.05) is 0 Å². The van der Waals surface area contributed by atoms with Crippen LogP contribution in [0.4, 0.5) is 0 Å². The molecule has 0 radical (unpaired) electrons. The summed E-state index contributed by atoms with van der Waals surface area (Å²) in [4.78, 5) is 4.09. The van der Waals surface area contributed by atoms with Gasteiger partial charge >= 0.3 is 0 Å². The Labute approximate surface area is 114 Å². The van der Waals surface area contributed by atoms with Gasteiger partial charge in [0.05, 0.1) is 0 Å². The number of aromatic nitrogens is 1. The van der Waals surface area contributed by atoms with Crippen molar-refractivity contribution in [3.05, 3.63) is 24.5 Å². The Morgan fingerprint density at radius 1 is 1.26 bits per heavy atom. The predicted molar refractivity (Wildman–Crippen MR) is 74.3 cm³/mol. The smallest absolute Gasteiger partial charge is 0.242 e. The van der Waals surface area contributed by atoms with E-state index in [1.165, 1.54) is 6.20 Å². The molecule has 2 N–H and O–H groups in total. The van der Waals surface area contributed by atoms with Gasteiger partial charge in [-0.2, -0.15) is 0 Å². The third-order valence-corrected chi connectivity index (χ3v) is 4.99. The maximum atomic E-state index is 12.1. The van der Waals surface area contributed by atoms with Crippen LogP contribution in [0.1, 0.15) is 32.6 Å². The van der Waals surface area contributed by atoms with Crippen molar-refractivity contribution in [1.82, 2.24) is 15.0 Å². The molecular formula is C13H21N3O2S. The van der Waals surface area contributed by atoms with Gasteiger partial charge in [0, 0.05) is 24.5 Å². The van der Waals surface area contributed by atoms with Crippen molar-refractivity contribution in [2.75, 3.05) is 6.54 Å². The lowest BCUT2D eigenvalue weighted by atomic mass is 9.92. The summed E-state index contributed by atoms with van der Waals surface area (Å²) in [6.45, 7) is 3.06. The van der Waals surface area contributed by atoms with Crippen molar-refractivity contribution in [3.8, 4) is 0 Å². The minimum Gasteiger partial charge on any atom is -0.314 e. The summed E-state index contributed by atoms with van der Waals surface area (Å²) >= 11 is 0. The van der Waals surface area contributed by atoms with E-state index < -0.39 is 10.0 Å². The van der Waals surface area contributed by atoms with E-state index in [9.17, 15) is 8.42 Å². The van der Waals surface area contributed by atoms with Crippen molar-refractivity contribution >= 4 is 10.0 Å². The zero-order valence-corrected chi connectivity index (χ0v) is 12.0. The van der Waals surface area contributed by atoms with Crippen LogP contribution in [0.15, 0.2) is 29.4 Å². The summed E-state index contributed by atoms with van der Waals surface area (Å²) in [7, 11) is -3.42. The number of pyridine rings is 1. The molecule has 0 spiro atoms. The van der Waals surface area contributed by atoms with Crippen molar-refractivity contribution in [1.29, 1.82) is 0 Å². The Hall–Kier alpha value is -0.980. The van der Waals surface area contributed by atoms with Gasteiger partial charge in [0.15, 0.2) is 0 Å². The summed E-state index contributed by atoms with van der Waals surface area (Å²) in [5.41, 5.74) is 0. The van der Waals surface area contributed by atoms with Gasteiger partial charge in [-0.05, 0) is 44.4 Å². The fourth-order valence-corrected chi connectivity index (χ4v) is 3.77. The first-order valence-electron chi connectivity index (χ1n) is 6.77. The highest BCUT2D eigenvalue weighted by Crippen LogP contribution is 2.20. The minimum atomic E-state index is -3.42. The molecule has 0 saturated heterocycles. The van der Waals surface area contributed by atoms with E-state index in [0.29, 0.717) is 6.04 Å². The Morgan fingerprint density at radius 3 is 2.53 bits per heavy atom. The first-order valence-corrected chi connectivity index (χ1v) is 8.26. The second kappa shape index (κ2) is 6.45. The second-order valence-electron chi connectivity index (χ2n) is 4.92. The van der Waals surface area contributed by atoms with Crippen molar-refractivity contribution < 1.29 is 8.42 Å². The highest BCUT2D eigenvalue weighted by atomic mass is 32.2. The van der Waals surface area contributed by atoms with Crippen LogP contribution in [0.3, 0.4) is 0 Å². The van der Waals surface area contributed by atoms with Crippen molar-refractivity contribution in [3.63, 3.8) is 0 Å². The summed E-state index contributed by atoms with van der Waals surface area (Å²) < 4.78 is 27.1. The van der Waals surface area contributed by atoms with Crippen LogP contribution < -0.4 is 10.0 Å². The molecular weight excluding hydrogens is 262 g/mol. The summed E-state index contributed by atoms with van der Waals surface area (Å²) in [5, 5.41) is 3.41. The van der Waals surface area contributed by atoms with Gasteiger partial charge in [-0.1, -0.05) is 6.92 Å². The molecule has 1 aliphatic carbocycles. The Balaban J connectivity index is 1.92. The largest absolute Gasteiger partial charge is 0.314 e. The van der Waals surface area contributed by atoms with E-state index >= 15 is 0 Å². The number of sulfonamides is 1. The first kappa shape index (κ1) is 14.4. The zero-order chi connectivity index (χ0) is 13.7. The van der Waals surface area contributed by atoms with Crippen LogP contribution in [0, 0.1) is 0 Å². The number of hydrogen-bond acceptors (Lipinski definition) is 4. The molecule has 1 fully saturated rings. The molecule has 1 aromatic heterocycles. The van der Waals surface area contributed by atoms with E-state index in [4.69, 9.17) is 0 Å². The van der Waals surface area contributed by atoms with E-state index in [1.54, 1.807) is 18.3 Å². The fraction of sp³-hybridized carbons (Fsp3) is 0.615. The van der Waals surface area contributed by atoms with E-state index in [0.717, 1.165) is 32.2 Å². The molecule has 6 heteroatoms. The lowest BCUT2D eigenvalue weighted by Gasteiger charge is -2.29. The molecule has 2 rings (SSSR count). The monoisotopic (exact) mass is 283 g/mol. The average Bonchev–Trinajstić information content (AvgIpc) is 2.42. The van der Waals surface area contributed by atoms with Crippen LogP contribution >= 0.6 is 0 Å². The van der Waals surface area contributed by atoms with Gasteiger partial charge in [0.1, 0.15) is 4.90 Å². The van der Waals surface area contributed by atoms with Crippen molar-refractivity contribution in [2.24, 2.45) is 0 Å². The van der Waals surface area contributed by atoms with Gasteiger partial charge in [-0.3, -0.25) is 4.98 Å². The molecule has 5 nitrogen and oxygen atoms in total. The molecule has 106 valence electrons. The van der Waals surface area contributed by atoms with E-state index in [2.05, 4.69) is 21.9 Å². The lowest BCUT2D eigenvalue weighted by Crippen LogP contribution is -2.42. The van der Waals surface area contributed by atoms with Gasteiger partial charge in [0.25, 0.3) is 0 Å². The molecule has 19 heavy (non-hydrogen) atoms. The number of nitrogens with one attached hydrogen (secondary N) is 2. The molecule has 0 aromatic carbocycles. The van der Waals surface area contributed by atoms with Gasteiger partial charge < -0.3 is 5.32 Å². The first-order chi connectivity index (χ1) is 9.12. The van der Waals surface area contributed by atoms with E-state index in [-0.39, 0.29) is 10.9 Å². The maximum Gasteiger partial charge on any atom is 0.242 e. The number of nitrogens with zero attached hydrogens (tertiary/aromatic N) is 1. The average molecular weight is 283 g/mol. The Morgan fingerprint density at radius 2 is 1.95 bits per heavy atom. The molecule has 0 bridgehead atoms. The minimum absolute atomic E-state index is 0.0418. The van der Waals surface area contributed by atoms with Crippen LogP contribution in [-0.2, 0) is 10.0 Å². The second-order valence-corrected chi connectivity index (χ2v) is 6.63. The number of hydrogen-bond donors (Lipinski definition) is 2. The predicted octanol–water partition coefficient (Wildman–Crippen LogP) is 1.28. The van der Waals surface area contributed by atoms with Crippen LogP contribution in [0.5, 0.6) is 0 Å². The number of rotatable bonds is 5. The third kappa shape index (κ3) is 3.99. The van der Waals surface area contributed by atoms with Crippen LogP contribution in [0.25, 0.3) is 0 Å². The summed E-state index contributed by atoms with van der Waals surface area (Å²) in [5.74, 6) is 0. The highest BCUT2D eigenvalue weighted by molar-refractivity contribution is 7.89. The van der Waals surface area contributed by atoms with Crippen molar-refractivity contribution in [2.45, 2.75) is 49.6 Å². The normalized spacial score (nSPS) is 24.3. The molecule has 0 amide bonds. The molecule has 0 atom stereocenters. The van der Waals surface area contributed by atoms with Crippen LogP contribution in [0.2, 0.25) is 0 Å². The Kier molecular flexibility index (Phi) is 4.90. The molecule has 1 aromatic rings. The molecule has 0 aliphatic heterocycles. The molecule has 1 heterocycles.